The molecular formula is C16H22FNO. The normalized spacial score (nSPS) is 22.8. The number of rotatable bonds is 3. The van der Waals surface area contributed by atoms with Gasteiger partial charge >= 0.3 is 0 Å². The van der Waals surface area contributed by atoms with Gasteiger partial charge in [0.1, 0.15) is 5.82 Å². The van der Waals surface area contributed by atoms with Crippen LogP contribution in [-0.4, -0.2) is 29.3 Å². The van der Waals surface area contributed by atoms with Crippen LogP contribution in [-0.2, 0) is 0 Å². The molecule has 1 saturated heterocycles. The summed E-state index contributed by atoms with van der Waals surface area (Å²) in [5, 5.41) is 0. The molecule has 0 aliphatic carbocycles. The van der Waals surface area contributed by atoms with Gasteiger partial charge in [-0.25, -0.2) is 4.39 Å². The third kappa shape index (κ3) is 3.41. The predicted octanol–water partition coefficient (Wildman–Crippen LogP) is 3.66. The van der Waals surface area contributed by atoms with E-state index < -0.39 is 0 Å². The molecule has 0 aromatic heterocycles. The molecule has 1 aliphatic rings. The lowest BCUT2D eigenvalue weighted by Gasteiger charge is -2.32. The van der Waals surface area contributed by atoms with Crippen LogP contribution in [0.5, 0.6) is 0 Å². The summed E-state index contributed by atoms with van der Waals surface area (Å²) in [4.78, 5) is 14.7. The summed E-state index contributed by atoms with van der Waals surface area (Å²) in [6.45, 7) is 5.14. The molecule has 19 heavy (non-hydrogen) atoms. The van der Waals surface area contributed by atoms with E-state index in [0.29, 0.717) is 11.6 Å². The minimum absolute atomic E-state index is 0.0914. The Labute approximate surface area is 114 Å². The average molecular weight is 263 g/mol. The van der Waals surface area contributed by atoms with Gasteiger partial charge in [-0.2, -0.15) is 0 Å². The van der Waals surface area contributed by atoms with Gasteiger partial charge in [0.15, 0.2) is 5.78 Å². The van der Waals surface area contributed by atoms with Crippen LogP contribution >= 0.6 is 0 Å². The molecule has 2 nitrogen and oxygen atoms in total. The second kappa shape index (κ2) is 6.29. The zero-order valence-electron chi connectivity index (χ0n) is 11.7. The van der Waals surface area contributed by atoms with Crippen LogP contribution in [0.1, 0.15) is 49.9 Å². The van der Waals surface area contributed by atoms with Crippen LogP contribution in [0, 0.1) is 5.82 Å². The number of nitrogens with zero attached hydrogens (tertiary/aromatic N) is 1. The van der Waals surface area contributed by atoms with Gasteiger partial charge in [0.25, 0.3) is 0 Å². The molecule has 1 aromatic rings. The van der Waals surface area contributed by atoms with Crippen LogP contribution < -0.4 is 0 Å². The van der Waals surface area contributed by atoms with Crippen molar-refractivity contribution < 1.29 is 9.18 Å². The van der Waals surface area contributed by atoms with E-state index in [0.717, 1.165) is 19.4 Å². The highest BCUT2D eigenvalue weighted by atomic mass is 19.1. The molecule has 1 fully saturated rings. The first-order chi connectivity index (χ1) is 9.09. The number of hydrogen-bond donors (Lipinski definition) is 0. The highest BCUT2D eigenvalue weighted by Gasteiger charge is 2.27. The molecule has 1 heterocycles. The lowest BCUT2D eigenvalue weighted by Crippen LogP contribution is -2.44. The molecular weight excluding hydrogens is 241 g/mol. The molecule has 0 bridgehead atoms. The van der Waals surface area contributed by atoms with Crippen molar-refractivity contribution in [2.75, 3.05) is 6.54 Å². The van der Waals surface area contributed by atoms with Crippen molar-refractivity contribution in [3.8, 4) is 0 Å². The second-order valence-corrected chi connectivity index (χ2v) is 5.48. The molecule has 1 aliphatic heterocycles. The Morgan fingerprint density at radius 1 is 1.26 bits per heavy atom. The predicted molar refractivity (Wildman–Crippen MR) is 74.8 cm³/mol. The quantitative estimate of drug-likeness (QED) is 0.776. The van der Waals surface area contributed by atoms with Gasteiger partial charge in [-0.15, -0.1) is 0 Å². The van der Waals surface area contributed by atoms with E-state index in [1.54, 1.807) is 12.1 Å². The Morgan fingerprint density at radius 3 is 2.63 bits per heavy atom. The van der Waals surface area contributed by atoms with Crippen molar-refractivity contribution in [3.05, 3.63) is 35.6 Å². The van der Waals surface area contributed by atoms with Crippen molar-refractivity contribution >= 4 is 5.78 Å². The zero-order valence-corrected chi connectivity index (χ0v) is 11.7. The van der Waals surface area contributed by atoms with Crippen molar-refractivity contribution in [2.45, 2.75) is 51.6 Å². The fraction of sp³-hybridized carbons (Fsp3) is 0.562. The number of carbonyl (C=O) groups excluding carboxylic acids is 1. The molecule has 0 saturated carbocycles. The van der Waals surface area contributed by atoms with E-state index in [4.69, 9.17) is 0 Å². The van der Waals surface area contributed by atoms with Gasteiger partial charge < -0.3 is 0 Å². The molecule has 0 spiro atoms. The second-order valence-electron chi connectivity index (χ2n) is 5.48. The molecule has 0 amide bonds. The molecule has 2 unspecified atom stereocenters. The summed E-state index contributed by atoms with van der Waals surface area (Å²) in [6, 6.07) is 6.19. The number of carbonyl (C=O) groups is 1. The Hall–Kier alpha value is -1.22. The third-order valence-corrected chi connectivity index (χ3v) is 4.11. The molecule has 2 rings (SSSR count). The number of likely N-dealkylation sites (tertiary alicyclic amines) is 1. The maximum atomic E-state index is 12.9. The van der Waals surface area contributed by atoms with E-state index in [1.165, 1.54) is 25.0 Å². The van der Waals surface area contributed by atoms with Gasteiger partial charge in [0.05, 0.1) is 6.04 Å². The van der Waals surface area contributed by atoms with Gasteiger partial charge in [-0.1, -0.05) is 12.8 Å². The Balaban J connectivity index is 2.11. The lowest BCUT2D eigenvalue weighted by molar-refractivity contribution is 0.0780. The molecule has 0 N–H and O–H groups in total. The Bertz CT molecular complexity index is 429. The third-order valence-electron chi connectivity index (χ3n) is 4.11. The van der Waals surface area contributed by atoms with E-state index in [-0.39, 0.29) is 17.6 Å². The molecule has 3 heteroatoms. The summed E-state index contributed by atoms with van der Waals surface area (Å²) >= 11 is 0. The summed E-state index contributed by atoms with van der Waals surface area (Å²) in [5.41, 5.74) is 0.602. The van der Waals surface area contributed by atoms with Gasteiger partial charge in [-0.3, -0.25) is 9.69 Å². The number of Topliss-reactive ketones (excluding diaryl/α,β-unsaturated/α-hetero) is 1. The molecule has 104 valence electrons. The van der Waals surface area contributed by atoms with E-state index in [9.17, 15) is 9.18 Å². The SMILES string of the molecule is CC1CCCCCN1C(C)C(=O)c1ccc(F)cc1. The number of hydrogen-bond acceptors (Lipinski definition) is 2. The van der Waals surface area contributed by atoms with Gasteiger partial charge in [0, 0.05) is 11.6 Å². The van der Waals surface area contributed by atoms with Crippen LogP contribution in [0.4, 0.5) is 4.39 Å². The smallest absolute Gasteiger partial charge is 0.179 e. The van der Waals surface area contributed by atoms with E-state index in [1.807, 2.05) is 6.92 Å². The summed E-state index contributed by atoms with van der Waals surface area (Å²) in [7, 11) is 0. The van der Waals surface area contributed by atoms with Crippen LogP contribution in [0.3, 0.4) is 0 Å². The maximum absolute atomic E-state index is 12.9. The number of halogens is 1. The van der Waals surface area contributed by atoms with E-state index >= 15 is 0 Å². The molecule has 2 atom stereocenters. The number of ketones is 1. The topological polar surface area (TPSA) is 20.3 Å². The lowest BCUT2D eigenvalue weighted by atomic mass is 10.0. The fourth-order valence-electron chi connectivity index (χ4n) is 2.88. The van der Waals surface area contributed by atoms with Crippen molar-refractivity contribution in [3.63, 3.8) is 0 Å². The average Bonchev–Trinajstić information content (AvgIpc) is 2.63. The van der Waals surface area contributed by atoms with Crippen LogP contribution in [0.15, 0.2) is 24.3 Å². The highest BCUT2D eigenvalue weighted by Crippen LogP contribution is 2.20. The van der Waals surface area contributed by atoms with Crippen molar-refractivity contribution in [1.82, 2.24) is 4.90 Å². The van der Waals surface area contributed by atoms with Gasteiger partial charge in [0.2, 0.25) is 0 Å². The first-order valence-corrected chi connectivity index (χ1v) is 7.15. The minimum Gasteiger partial charge on any atom is -0.292 e. The van der Waals surface area contributed by atoms with Crippen LogP contribution in [0.2, 0.25) is 0 Å². The van der Waals surface area contributed by atoms with Crippen molar-refractivity contribution in [2.24, 2.45) is 0 Å². The summed E-state index contributed by atoms with van der Waals surface area (Å²) < 4.78 is 12.9. The van der Waals surface area contributed by atoms with Crippen LogP contribution in [0.25, 0.3) is 0 Å². The molecule has 1 aromatic carbocycles. The summed E-state index contributed by atoms with van der Waals surface area (Å²) in [6.07, 6.45) is 4.81. The fourth-order valence-corrected chi connectivity index (χ4v) is 2.88. The van der Waals surface area contributed by atoms with E-state index in [2.05, 4.69) is 11.8 Å². The molecule has 0 radical (unpaired) electrons. The Morgan fingerprint density at radius 2 is 1.95 bits per heavy atom. The highest BCUT2D eigenvalue weighted by molar-refractivity contribution is 5.99. The Kier molecular flexibility index (Phi) is 4.70. The zero-order chi connectivity index (χ0) is 13.8. The minimum atomic E-state index is -0.299. The van der Waals surface area contributed by atoms with Crippen molar-refractivity contribution in [1.29, 1.82) is 0 Å². The van der Waals surface area contributed by atoms with Gasteiger partial charge in [-0.05, 0) is 57.5 Å². The first kappa shape index (κ1) is 14.2. The monoisotopic (exact) mass is 263 g/mol. The number of benzene rings is 1. The standard InChI is InChI=1S/C16H22FNO/c1-12-6-4-3-5-11-18(12)13(2)16(19)14-7-9-15(17)10-8-14/h7-10,12-13H,3-6,11H2,1-2H3. The maximum Gasteiger partial charge on any atom is 0.179 e. The largest absolute Gasteiger partial charge is 0.292 e. The first-order valence-electron chi connectivity index (χ1n) is 7.15. The summed E-state index contributed by atoms with van der Waals surface area (Å²) in [5.74, 6) is -0.207.